The second-order valence-electron chi connectivity index (χ2n) is 4.13. The van der Waals surface area contributed by atoms with Gasteiger partial charge in [-0.05, 0) is 24.6 Å². The first-order valence-corrected chi connectivity index (χ1v) is 7.24. The first-order valence-electron chi connectivity index (χ1n) is 5.98. The summed E-state index contributed by atoms with van der Waals surface area (Å²) in [5.41, 5.74) is 1.10. The molecule has 0 saturated heterocycles. The molecule has 5 nitrogen and oxygen atoms in total. The van der Waals surface area contributed by atoms with Gasteiger partial charge >= 0.3 is 0 Å². The molecule has 1 amide bonds. The summed E-state index contributed by atoms with van der Waals surface area (Å²) in [6.45, 7) is 1.61. The molecule has 0 radical (unpaired) electrons. The topological polar surface area (TPSA) is 64.1 Å². The summed E-state index contributed by atoms with van der Waals surface area (Å²) in [7, 11) is 1.63. The van der Waals surface area contributed by atoms with Crippen LogP contribution in [0.3, 0.4) is 0 Å². The van der Waals surface area contributed by atoms with Crippen LogP contribution in [0.1, 0.15) is 17.5 Å². The van der Waals surface area contributed by atoms with Crippen molar-refractivity contribution >= 4 is 34.0 Å². The second-order valence-corrected chi connectivity index (χ2v) is 5.85. The van der Waals surface area contributed by atoms with E-state index in [1.165, 1.54) is 11.3 Å². The minimum Gasteiger partial charge on any atom is -0.497 e. The Morgan fingerprint density at radius 2 is 2.10 bits per heavy atom. The zero-order valence-corrected chi connectivity index (χ0v) is 12.7. The Morgan fingerprint density at radius 3 is 2.70 bits per heavy atom. The number of nitrogens with one attached hydrogen (secondary N) is 1. The van der Waals surface area contributed by atoms with Crippen molar-refractivity contribution in [2.75, 3.05) is 12.4 Å². The van der Waals surface area contributed by atoms with Gasteiger partial charge < -0.3 is 4.74 Å². The van der Waals surface area contributed by atoms with Crippen molar-refractivity contribution in [3.63, 3.8) is 0 Å². The Balaban J connectivity index is 1.99. The molecular weight excluding hydrogens is 298 g/mol. The van der Waals surface area contributed by atoms with Crippen LogP contribution in [-0.2, 0) is 11.2 Å². The van der Waals surface area contributed by atoms with Crippen LogP contribution < -0.4 is 10.1 Å². The van der Waals surface area contributed by atoms with Crippen LogP contribution in [0.4, 0.5) is 5.13 Å². The van der Waals surface area contributed by atoms with Crippen LogP contribution in [-0.4, -0.2) is 28.6 Å². The van der Waals surface area contributed by atoms with Gasteiger partial charge in [0.1, 0.15) is 16.1 Å². The van der Waals surface area contributed by atoms with Crippen molar-refractivity contribution in [1.82, 2.24) is 10.2 Å². The van der Waals surface area contributed by atoms with Crippen LogP contribution in [0.25, 0.3) is 0 Å². The molecular formula is C13H14ClN3O2S. The van der Waals surface area contributed by atoms with Gasteiger partial charge in [-0.2, -0.15) is 0 Å². The standard InChI is InChI=1S/C13H14ClN3O2S/c1-8(14)12(18)15-13-17-16-11(20-13)7-9-3-5-10(19-2)6-4-9/h3-6,8H,7H2,1-2H3,(H,15,17,18). The number of rotatable bonds is 5. The maximum Gasteiger partial charge on any atom is 0.243 e. The van der Waals surface area contributed by atoms with E-state index in [-0.39, 0.29) is 5.91 Å². The largest absolute Gasteiger partial charge is 0.497 e. The fraction of sp³-hybridized carbons (Fsp3) is 0.308. The number of aromatic nitrogens is 2. The molecule has 1 atom stereocenters. The molecule has 1 heterocycles. The molecule has 1 aromatic heterocycles. The minimum atomic E-state index is -0.594. The van der Waals surface area contributed by atoms with Gasteiger partial charge in [-0.25, -0.2) is 0 Å². The molecule has 1 unspecified atom stereocenters. The predicted octanol–water partition coefficient (Wildman–Crippen LogP) is 2.70. The van der Waals surface area contributed by atoms with Gasteiger partial charge in [-0.1, -0.05) is 23.5 Å². The summed E-state index contributed by atoms with van der Waals surface area (Å²) < 4.78 is 5.10. The average Bonchev–Trinajstić information content (AvgIpc) is 2.86. The number of hydrogen-bond donors (Lipinski definition) is 1. The quantitative estimate of drug-likeness (QED) is 0.862. The van der Waals surface area contributed by atoms with Crippen LogP contribution in [0.5, 0.6) is 5.75 Å². The maximum absolute atomic E-state index is 11.4. The van der Waals surface area contributed by atoms with E-state index in [1.54, 1.807) is 14.0 Å². The number of halogens is 1. The molecule has 1 aromatic carbocycles. The average molecular weight is 312 g/mol. The first-order chi connectivity index (χ1) is 9.58. The lowest BCUT2D eigenvalue weighted by Crippen LogP contribution is -2.20. The number of nitrogens with zero attached hydrogens (tertiary/aromatic N) is 2. The molecule has 2 aromatic rings. The highest BCUT2D eigenvalue weighted by Crippen LogP contribution is 2.20. The number of amides is 1. The van der Waals surface area contributed by atoms with Crippen LogP contribution in [0, 0.1) is 0 Å². The number of hydrogen-bond acceptors (Lipinski definition) is 5. The molecule has 2 rings (SSSR count). The van der Waals surface area contributed by atoms with E-state index in [0.717, 1.165) is 16.3 Å². The first kappa shape index (κ1) is 14.7. The van der Waals surface area contributed by atoms with Crippen LogP contribution in [0.2, 0.25) is 0 Å². The van der Waals surface area contributed by atoms with Gasteiger partial charge in [0.25, 0.3) is 0 Å². The van der Waals surface area contributed by atoms with Gasteiger partial charge in [-0.15, -0.1) is 21.8 Å². The van der Waals surface area contributed by atoms with E-state index < -0.39 is 5.38 Å². The second kappa shape index (κ2) is 6.67. The minimum absolute atomic E-state index is 0.279. The zero-order chi connectivity index (χ0) is 14.5. The van der Waals surface area contributed by atoms with E-state index >= 15 is 0 Å². The van der Waals surface area contributed by atoms with E-state index in [2.05, 4.69) is 15.5 Å². The Kier molecular flexibility index (Phi) is 4.92. The summed E-state index contributed by atoms with van der Waals surface area (Å²) >= 11 is 7.02. The third-order valence-electron chi connectivity index (χ3n) is 2.57. The van der Waals surface area contributed by atoms with Gasteiger partial charge in [0.05, 0.1) is 7.11 Å². The lowest BCUT2D eigenvalue weighted by atomic mass is 10.1. The monoisotopic (exact) mass is 311 g/mol. The van der Waals surface area contributed by atoms with Crippen molar-refractivity contribution in [2.24, 2.45) is 0 Å². The molecule has 20 heavy (non-hydrogen) atoms. The Labute approximate surface area is 125 Å². The molecule has 106 valence electrons. The molecule has 0 aliphatic heterocycles. The Hall–Kier alpha value is -1.66. The number of ether oxygens (including phenoxy) is 1. The third-order valence-corrected chi connectivity index (χ3v) is 3.61. The van der Waals surface area contributed by atoms with Crippen LogP contribution >= 0.6 is 22.9 Å². The number of benzene rings is 1. The number of alkyl halides is 1. The van der Waals surface area contributed by atoms with E-state index in [1.807, 2.05) is 24.3 Å². The van der Waals surface area contributed by atoms with E-state index in [9.17, 15) is 4.79 Å². The molecule has 0 saturated carbocycles. The number of carbonyl (C=O) groups is 1. The summed E-state index contributed by atoms with van der Waals surface area (Å²) in [5.74, 6) is 0.536. The SMILES string of the molecule is COc1ccc(Cc2nnc(NC(=O)C(C)Cl)s2)cc1. The van der Waals surface area contributed by atoms with Crippen molar-refractivity contribution in [1.29, 1.82) is 0 Å². The highest BCUT2D eigenvalue weighted by Gasteiger charge is 2.12. The molecule has 0 aliphatic rings. The molecule has 1 N–H and O–H groups in total. The summed E-state index contributed by atoms with van der Waals surface area (Å²) in [4.78, 5) is 11.4. The molecule has 0 fully saturated rings. The molecule has 0 aliphatic carbocycles. The summed E-state index contributed by atoms with van der Waals surface area (Å²) in [6.07, 6.45) is 0.661. The van der Waals surface area contributed by atoms with Crippen LogP contribution in [0.15, 0.2) is 24.3 Å². The highest BCUT2D eigenvalue weighted by molar-refractivity contribution is 7.15. The zero-order valence-electron chi connectivity index (χ0n) is 11.1. The number of anilines is 1. The normalized spacial score (nSPS) is 11.9. The lowest BCUT2D eigenvalue weighted by Gasteiger charge is -2.01. The van der Waals surface area contributed by atoms with Gasteiger partial charge in [0.15, 0.2) is 0 Å². The lowest BCUT2D eigenvalue weighted by molar-refractivity contribution is -0.115. The fourth-order valence-electron chi connectivity index (χ4n) is 1.50. The molecule has 0 spiro atoms. The van der Waals surface area contributed by atoms with E-state index in [0.29, 0.717) is 11.6 Å². The smallest absolute Gasteiger partial charge is 0.243 e. The third kappa shape index (κ3) is 3.91. The highest BCUT2D eigenvalue weighted by atomic mass is 35.5. The Bertz CT molecular complexity index is 584. The summed E-state index contributed by atoms with van der Waals surface area (Å²) in [5, 5.41) is 11.3. The van der Waals surface area contributed by atoms with Gasteiger partial charge in [0.2, 0.25) is 11.0 Å². The maximum atomic E-state index is 11.4. The fourth-order valence-corrected chi connectivity index (χ4v) is 2.33. The molecule has 0 bridgehead atoms. The van der Waals surface area contributed by atoms with Crippen molar-refractivity contribution in [3.8, 4) is 5.75 Å². The van der Waals surface area contributed by atoms with Crippen molar-refractivity contribution < 1.29 is 9.53 Å². The Morgan fingerprint density at radius 1 is 1.40 bits per heavy atom. The van der Waals surface area contributed by atoms with E-state index in [4.69, 9.17) is 16.3 Å². The number of methoxy groups -OCH3 is 1. The van der Waals surface area contributed by atoms with Crippen molar-refractivity contribution in [3.05, 3.63) is 34.8 Å². The number of carbonyl (C=O) groups excluding carboxylic acids is 1. The predicted molar refractivity (Wildman–Crippen MR) is 79.7 cm³/mol. The molecule has 7 heteroatoms. The summed E-state index contributed by atoms with van der Waals surface area (Å²) in [6, 6.07) is 7.74. The van der Waals surface area contributed by atoms with Gasteiger partial charge in [-0.3, -0.25) is 10.1 Å². The van der Waals surface area contributed by atoms with Gasteiger partial charge in [0, 0.05) is 6.42 Å². The van der Waals surface area contributed by atoms with Crippen molar-refractivity contribution in [2.45, 2.75) is 18.7 Å².